The topological polar surface area (TPSA) is 269 Å². The van der Waals surface area contributed by atoms with Gasteiger partial charge in [-0.2, -0.15) is 0 Å². The largest absolute Gasteiger partial charge is 0.370 e. The van der Waals surface area contributed by atoms with Crippen molar-refractivity contribution in [3.63, 3.8) is 0 Å². The standard InChI is InChI=1S/C41H51FN10O6/c1-24(2)19-33(49-35(53)23-48-38(56)34(20-25-9-4-3-5-10-25)52-37(55)26-14-16-28(42)17-15-26)40(58)50-31(13-8-18-46-41(44)45)39(57)51-32(36(43)54)21-27-22-47-30-12-7-6-11-29(27)30/h3-7,9-12,14-17,22,24,31-34,47H,8,13,18-21,23H2,1-2H3,(H2,43,54)(H,48,56)(H,49,53)(H,50,58)(H,51,57)(H,52,55)(H4,44,45,46)/t31-,32-,33+,34-/m0/s1. The number of aromatic nitrogens is 1. The lowest BCUT2D eigenvalue weighted by Crippen LogP contribution is -2.57. The van der Waals surface area contributed by atoms with Gasteiger partial charge in [-0.15, -0.1) is 0 Å². The van der Waals surface area contributed by atoms with Gasteiger partial charge in [-0.25, -0.2) is 4.39 Å². The number of aliphatic imine (C=N–C) groups is 1. The lowest BCUT2D eigenvalue weighted by atomic mass is 10.0. The first-order valence-electron chi connectivity index (χ1n) is 18.9. The number of carbonyl (C=O) groups excluding carboxylic acids is 6. The van der Waals surface area contributed by atoms with E-state index in [0.29, 0.717) is 0 Å². The normalized spacial score (nSPS) is 13.0. The van der Waals surface area contributed by atoms with Crippen LogP contribution in [0, 0.1) is 11.7 Å². The molecule has 4 rings (SSSR count). The van der Waals surface area contributed by atoms with Gasteiger partial charge in [0.25, 0.3) is 5.91 Å². The number of hydrogen-bond donors (Lipinski definition) is 9. The minimum absolute atomic E-state index is 0.0672. The molecular formula is C41H51FN10O6. The molecule has 0 aliphatic heterocycles. The van der Waals surface area contributed by atoms with E-state index in [4.69, 9.17) is 17.2 Å². The molecule has 308 valence electrons. The lowest BCUT2D eigenvalue weighted by molar-refractivity contribution is -0.133. The number of primary amides is 1. The van der Waals surface area contributed by atoms with Gasteiger partial charge in [-0.05, 0) is 66.6 Å². The summed E-state index contributed by atoms with van der Waals surface area (Å²) in [6, 6.07) is 16.6. The van der Waals surface area contributed by atoms with Crippen LogP contribution in [0.4, 0.5) is 4.39 Å². The average molecular weight is 799 g/mol. The number of carbonyl (C=O) groups is 6. The van der Waals surface area contributed by atoms with Crippen LogP contribution in [-0.2, 0) is 36.8 Å². The van der Waals surface area contributed by atoms with Gasteiger partial charge in [-0.1, -0.05) is 62.4 Å². The van der Waals surface area contributed by atoms with Crippen molar-refractivity contribution in [2.24, 2.45) is 28.1 Å². The number of para-hydroxylation sites is 1. The summed E-state index contributed by atoms with van der Waals surface area (Å²) < 4.78 is 13.5. The number of rotatable bonds is 21. The minimum atomic E-state index is -1.18. The van der Waals surface area contributed by atoms with Crippen molar-refractivity contribution in [1.82, 2.24) is 31.6 Å². The number of nitrogens with one attached hydrogen (secondary N) is 6. The molecule has 4 aromatic rings. The first-order chi connectivity index (χ1) is 27.7. The molecule has 0 saturated heterocycles. The van der Waals surface area contributed by atoms with Crippen LogP contribution in [0.15, 0.2) is 90.1 Å². The maximum atomic E-state index is 13.8. The fourth-order valence-electron chi connectivity index (χ4n) is 6.20. The minimum Gasteiger partial charge on any atom is -0.370 e. The molecule has 0 radical (unpaired) electrons. The third-order valence-corrected chi connectivity index (χ3v) is 9.13. The van der Waals surface area contributed by atoms with E-state index in [1.54, 1.807) is 36.5 Å². The molecule has 1 aromatic heterocycles. The fourth-order valence-corrected chi connectivity index (χ4v) is 6.20. The molecule has 3 aromatic carbocycles. The Morgan fingerprint density at radius 3 is 2.05 bits per heavy atom. The van der Waals surface area contributed by atoms with Crippen LogP contribution in [0.2, 0.25) is 0 Å². The Balaban J connectivity index is 1.44. The van der Waals surface area contributed by atoms with Crippen molar-refractivity contribution in [3.8, 4) is 0 Å². The van der Waals surface area contributed by atoms with E-state index in [2.05, 4.69) is 36.6 Å². The number of hydrogen-bond acceptors (Lipinski definition) is 7. The molecule has 0 aliphatic rings. The molecule has 0 bridgehead atoms. The molecule has 0 spiro atoms. The zero-order chi connectivity index (χ0) is 42.2. The van der Waals surface area contributed by atoms with Crippen molar-refractivity contribution in [2.45, 2.75) is 70.1 Å². The molecule has 1 heterocycles. The van der Waals surface area contributed by atoms with Crippen molar-refractivity contribution in [1.29, 1.82) is 0 Å². The lowest BCUT2D eigenvalue weighted by Gasteiger charge is -2.26. The van der Waals surface area contributed by atoms with E-state index in [1.807, 2.05) is 38.1 Å². The van der Waals surface area contributed by atoms with Crippen LogP contribution < -0.4 is 43.8 Å². The Labute approximate surface area is 335 Å². The highest BCUT2D eigenvalue weighted by Gasteiger charge is 2.30. The number of aromatic amines is 1. The Hall–Kier alpha value is -6.78. The Kier molecular flexibility index (Phi) is 16.3. The molecule has 58 heavy (non-hydrogen) atoms. The van der Waals surface area contributed by atoms with Crippen LogP contribution in [-0.4, -0.2) is 83.6 Å². The number of benzene rings is 3. The SMILES string of the molecule is CC(C)C[C@@H](NC(=O)CNC(=O)[C@H](Cc1ccccc1)NC(=O)c1ccc(F)cc1)C(=O)N[C@@H](CCCN=C(N)N)C(=O)N[C@@H](Cc1c[nH]c2ccccc12)C(N)=O. The van der Waals surface area contributed by atoms with Crippen LogP contribution >= 0.6 is 0 Å². The molecule has 12 N–H and O–H groups in total. The number of nitrogens with zero attached hydrogens (tertiary/aromatic N) is 1. The Bertz CT molecular complexity index is 2070. The second-order valence-corrected chi connectivity index (χ2v) is 14.2. The van der Waals surface area contributed by atoms with Gasteiger partial charge in [0.15, 0.2) is 5.96 Å². The van der Waals surface area contributed by atoms with Gasteiger partial charge < -0.3 is 48.8 Å². The highest BCUT2D eigenvalue weighted by atomic mass is 19.1. The zero-order valence-electron chi connectivity index (χ0n) is 32.4. The number of halogens is 1. The predicted octanol–water partition coefficient (Wildman–Crippen LogP) is 1.05. The van der Waals surface area contributed by atoms with E-state index in [-0.39, 0.29) is 56.1 Å². The van der Waals surface area contributed by atoms with Gasteiger partial charge in [0.2, 0.25) is 29.5 Å². The average Bonchev–Trinajstić information content (AvgIpc) is 3.60. The predicted molar refractivity (Wildman–Crippen MR) is 217 cm³/mol. The van der Waals surface area contributed by atoms with Crippen molar-refractivity contribution >= 4 is 52.3 Å². The van der Waals surface area contributed by atoms with Gasteiger partial charge in [0.1, 0.15) is 30.0 Å². The highest BCUT2D eigenvalue weighted by molar-refractivity contribution is 5.99. The molecule has 0 fully saturated rings. The van der Waals surface area contributed by atoms with Gasteiger partial charge in [0, 0.05) is 42.0 Å². The fraction of sp³-hybridized carbons (Fsp3) is 0.341. The molecular weight excluding hydrogens is 748 g/mol. The maximum Gasteiger partial charge on any atom is 0.251 e. The number of amides is 6. The van der Waals surface area contributed by atoms with Crippen LogP contribution in [0.3, 0.4) is 0 Å². The van der Waals surface area contributed by atoms with Gasteiger partial charge in [-0.3, -0.25) is 33.8 Å². The summed E-state index contributed by atoms with van der Waals surface area (Å²) in [6.45, 7) is 3.29. The van der Waals surface area contributed by atoms with E-state index < -0.39 is 72.0 Å². The van der Waals surface area contributed by atoms with Crippen molar-refractivity contribution in [3.05, 3.63) is 108 Å². The van der Waals surface area contributed by atoms with Crippen molar-refractivity contribution < 1.29 is 33.2 Å². The first kappa shape index (κ1) is 43.9. The van der Waals surface area contributed by atoms with E-state index in [1.165, 1.54) is 12.1 Å². The summed E-state index contributed by atoms with van der Waals surface area (Å²) in [5.74, 6) is -4.91. The second kappa shape index (κ2) is 21.5. The molecule has 0 unspecified atom stereocenters. The third kappa shape index (κ3) is 13.8. The third-order valence-electron chi connectivity index (χ3n) is 9.13. The molecule has 4 atom stereocenters. The van der Waals surface area contributed by atoms with Gasteiger partial charge in [0.05, 0.1) is 6.54 Å². The smallest absolute Gasteiger partial charge is 0.251 e. The Morgan fingerprint density at radius 2 is 1.38 bits per heavy atom. The number of nitrogens with two attached hydrogens (primary N) is 3. The molecule has 0 aliphatic carbocycles. The summed E-state index contributed by atoms with van der Waals surface area (Å²) in [4.78, 5) is 86.8. The molecule has 6 amide bonds. The second-order valence-electron chi connectivity index (χ2n) is 14.2. The van der Waals surface area contributed by atoms with E-state index in [0.717, 1.165) is 34.2 Å². The Morgan fingerprint density at radius 1 is 0.724 bits per heavy atom. The van der Waals surface area contributed by atoms with Crippen LogP contribution in [0.1, 0.15) is 54.6 Å². The first-order valence-corrected chi connectivity index (χ1v) is 18.9. The molecule has 16 nitrogen and oxygen atoms in total. The molecule has 0 saturated carbocycles. The summed E-state index contributed by atoms with van der Waals surface area (Å²) in [6.07, 6.45) is 2.41. The highest BCUT2D eigenvalue weighted by Crippen LogP contribution is 2.19. The number of fused-ring (bicyclic) bond motifs is 1. The van der Waals surface area contributed by atoms with Crippen LogP contribution in [0.25, 0.3) is 10.9 Å². The summed E-state index contributed by atoms with van der Waals surface area (Å²) in [7, 11) is 0. The summed E-state index contributed by atoms with van der Waals surface area (Å²) >= 11 is 0. The quantitative estimate of drug-likeness (QED) is 0.0333. The van der Waals surface area contributed by atoms with Gasteiger partial charge >= 0.3 is 0 Å². The molecule has 17 heteroatoms. The van der Waals surface area contributed by atoms with Crippen molar-refractivity contribution in [2.75, 3.05) is 13.1 Å². The monoisotopic (exact) mass is 798 g/mol. The summed E-state index contributed by atoms with van der Waals surface area (Å²) in [5, 5.41) is 14.1. The number of H-pyrrole nitrogens is 1. The zero-order valence-corrected chi connectivity index (χ0v) is 32.4. The van der Waals surface area contributed by atoms with E-state index in [9.17, 15) is 33.2 Å². The maximum absolute atomic E-state index is 13.8. The number of guanidine groups is 1. The summed E-state index contributed by atoms with van der Waals surface area (Å²) in [5.41, 5.74) is 19.1. The van der Waals surface area contributed by atoms with Crippen LogP contribution in [0.5, 0.6) is 0 Å². The van der Waals surface area contributed by atoms with E-state index >= 15 is 0 Å².